The van der Waals surface area contributed by atoms with E-state index in [4.69, 9.17) is 5.11 Å². The fourth-order valence-corrected chi connectivity index (χ4v) is 3.76. The quantitative estimate of drug-likeness (QED) is 0.712. The van der Waals surface area contributed by atoms with Crippen molar-refractivity contribution >= 4 is 5.97 Å². The number of nitrogens with one attached hydrogen (secondary N) is 1. The number of hydrogen-bond donors (Lipinski definition) is 2. The highest BCUT2D eigenvalue weighted by Crippen LogP contribution is 2.39. The van der Waals surface area contributed by atoms with Crippen LogP contribution >= 0.6 is 0 Å². The summed E-state index contributed by atoms with van der Waals surface area (Å²) >= 11 is 0. The van der Waals surface area contributed by atoms with Crippen LogP contribution < -0.4 is 5.32 Å². The molecule has 2 N–H and O–H groups in total. The minimum absolute atomic E-state index is 0.0991. The monoisotopic (exact) mass is 283 g/mol. The summed E-state index contributed by atoms with van der Waals surface area (Å²) in [6.45, 7) is 10.4. The summed E-state index contributed by atoms with van der Waals surface area (Å²) in [7, 11) is 0. The van der Waals surface area contributed by atoms with E-state index in [-0.39, 0.29) is 6.54 Å². The maximum atomic E-state index is 10.5. The Bertz CT molecular complexity index is 281. The Morgan fingerprint density at radius 2 is 1.75 bits per heavy atom. The molecule has 0 bridgehead atoms. The third kappa shape index (κ3) is 6.25. The van der Waals surface area contributed by atoms with Gasteiger partial charge in [-0.3, -0.25) is 4.79 Å². The second kappa shape index (κ2) is 8.66. The van der Waals surface area contributed by atoms with Crippen LogP contribution in [0.3, 0.4) is 0 Å². The first-order valence-electron chi connectivity index (χ1n) is 8.32. The molecule has 118 valence electrons. The van der Waals surface area contributed by atoms with Crippen molar-refractivity contribution in [3.8, 4) is 0 Å². The van der Waals surface area contributed by atoms with Gasteiger partial charge >= 0.3 is 5.97 Å². The predicted octanol–water partition coefficient (Wildman–Crippen LogP) is 3.79. The fraction of sp³-hybridized carbons (Fsp3) is 0.941. The van der Waals surface area contributed by atoms with Crippen molar-refractivity contribution < 1.29 is 9.90 Å². The molecule has 0 amide bonds. The summed E-state index contributed by atoms with van der Waals surface area (Å²) in [5.41, 5.74) is 0. The van der Waals surface area contributed by atoms with Gasteiger partial charge in [0.25, 0.3) is 0 Å². The summed E-state index contributed by atoms with van der Waals surface area (Å²) < 4.78 is 0. The normalized spacial score (nSPS) is 25.1. The molecule has 1 aliphatic carbocycles. The van der Waals surface area contributed by atoms with E-state index in [9.17, 15) is 4.79 Å². The highest BCUT2D eigenvalue weighted by molar-refractivity contribution is 5.68. The maximum absolute atomic E-state index is 10.5. The van der Waals surface area contributed by atoms with Gasteiger partial charge < -0.3 is 10.4 Å². The van der Waals surface area contributed by atoms with E-state index in [1.54, 1.807) is 0 Å². The van der Waals surface area contributed by atoms with E-state index in [0.717, 1.165) is 30.2 Å². The van der Waals surface area contributed by atoms with Crippen LogP contribution in [0.1, 0.15) is 59.8 Å². The van der Waals surface area contributed by atoms with E-state index < -0.39 is 5.97 Å². The van der Waals surface area contributed by atoms with Gasteiger partial charge in [-0.1, -0.05) is 27.7 Å². The van der Waals surface area contributed by atoms with Crippen LogP contribution in [0.25, 0.3) is 0 Å². The molecule has 0 aromatic rings. The number of carbonyl (C=O) groups is 1. The van der Waals surface area contributed by atoms with Gasteiger partial charge in [-0.2, -0.15) is 0 Å². The molecule has 0 aliphatic heterocycles. The second-order valence-corrected chi connectivity index (χ2v) is 7.34. The first kappa shape index (κ1) is 17.5. The van der Waals surface area contributed by atoms with Gasteiger partial charge in [0.05, 0.1) is 6.54 Å². The standard InChI is InChI=1S/C17H33NO2/c1-12(2)9-16(13(3)4)15-7-5-14(6-8-15)10-18-11-17(19)20/h12-16,18H,5-11H2,1-4H3,(H,19,20). The molecule has 20 heavy (non-hydrogen) atoms. The molecule has 0 radical (unpaired) electrons. The van der Waals surface area contributed by atoms with Crippen LogP contribution in [-0.2, 0) is 4.79 Å². The number of aliphatic carboxylic acids is 1. The van der Waals surface area contributed by atoms with Crippen molar-refractivity contribution in [1.29, 1.82) is 0 Å². The fourth-order valence-electron chi connectivity index (χ4n) is 3.76. The van der Waals surface area contributed by atoms with Gasteiger partial charge in [0.2, 0.25) is 0 Å². The Morgan fingerprint density at radius 1 is 1.15 bits per heavy atom. The van der Waals surface area contributed by atoms with Crippen molar-refractivity contribution in [2.75, 3.05) is 13.1 Å². The Kier molecular flexibility index (Phi) is 7.57. The van der Waals surface area contributed by atoms with Crippen LogP contribution in [0.2, 0.25) is 0 Å². The lowest BCUT2D eigenvalue weighted by Gasteiger charge is -2.37. The van der Waals surface area contributed by atoms with Gasteiger partial charge in [-0.05, 0) is 68.2 Å². The van der Waals surface area contributed by atoms with Crippen LogP contribution in [0, 0.1) is 29.6 Å². The molecule has 1 atom stereocenters. The van der Waals surface area contributed by atoms with E-state index in [0.29, 0.717) is 5.92 Å². The SMILES string of the molecule is CC(C)CC(C(C)C)C1CCC(CNCC(=O)O)CC1. The van der Waals surface area contributed by atoms with Crippen molar-refractivity contribution in [3.05, 3.63) is 0 Å². The highest BCUT2D eigenvalue weighted by Gasteiger charge is 2.29. The Balaban J connectivity index is 2.34. The summed E-state index contributed by atoms with van der Waals surface area (Å²) in [5.74, 6) is 3.24. The molecule has 1 aliphatic rings. The topological polar surface area (TPSA) is 49.3 Å². The average Bonchev–Trinajstić information content (AvgIpc) is 2.36. The van der Waals surface area contributed by atoms with Gasteiger partial charge in [0, 0.05) is 0 Å². The molecule has 0 heterocycles. The largest absolute Gasteiger partial charge is 0.480 e. The highest BCUT2D eigenvalue weighted by atomic mass is 16.4. The summed E-state index contributed by atoms with van der Waals surface area (Å²) in [4.78, 5) is 10.5. The summed E-state index contributed by atoms with van der Waals surface area (Å²) in [5, 5.41) is 11.7. The minimum Gasteiger partial charge on any atom is -0.480 e. The molecule has 1 fully saturated rings. The van der Waals surface area contributed by atoms with Crippen LogP contribution in [0.4, 0.5) is 0 Å². The molecular weight excluding hydrogens is 250 g/mol. The first-order chi connectivity index (χ1) is 9.40. The predicted molar refractivity (Wildman–Crippen MR) is 83.7 cm³/mol. The molecule has 0 aromatic carbocycles. The number of carboxylic acid groups (broad SMARTS) is 1. The smallest absolute Gasteiger partial charge is 0.317 e. The van der Waals surface area contributed by atoms with Crippen molar-refractivity contribution in [2.45, 2.75) is 59.8 Å². The van der Waals surface area contributed by atoms with Crippen molar-refractivity contribution in [3.63, 3.8) is 0 Å². The number of rotatable bonds is 8. The van der Waals surface area contributed by atoms with Crippen molar-refractivity contribution in [2.24, 2.45) is 29.6 Å². The van der Waals surface area contributed by atoms with Gasteiger partial charge in [-0.25, -0.2) is 0 Å². The average molecular weight is 283 g/mol. The van der Waals surface area contributed by atoms with Crippen LogP contribution in [0.15, 0.2) is 0 Å². The van der Waals surface area contributed by atoms with Crippen LogP contribution in [0.5, 0.6) is 0 Å². The number of carboxylic acids is 1. The van der Waals surface area contributed by atoms with E-state index in [1.165, 1.54) is 32.1 Å². The van der Waals surface area contributed by atoms with E-state index in [1.807, 2.05) is 0 Å². The van der Waals surface area contributed by atoms with Crippen molar-refractivity contribution in [1.82, 2.24) is 5.32 Å². The van der Waals surface area contributed by atoms with E-state index >= 15 is 0 Å². The lowest BCUT2D eigenvalue weighted by Crippen LogP contribution is -2.32. The zero-order valence-corrected chi connectivity index (χ0v) is 13.7. The zero-order valence-electron chi connectivity index (χ0n) is 13.7. The van der Waals surface area contributed by atoms with Gasteiger partial charge in [0.1, 0.15) is 0 Å². The molecule has 0 saturated heterocycles. The summed E-state index contributed by atoms with van der Waals surface area (Å²) in [6.07, 6.45) is 6.53. The lowest BCUT2D eigenvalue weighted by atomic mass is 9.70. The third-order valence-electron chi connectivity index (χ3n) is 4.81. The molecule has 0 spiro atoms. The molecule has 3 heteroatoms. The minimum atomic E-state index is -0.754. The molecule has 1 unspecified atom stereocenters. The van der Waals surface area contributed by atoms with Crippen LogP contribution in [-0.4, -0.2) is 24.2 Å². The zero-order chi connectivity index (χ0) is 15.1. The Labute approximate surface area is 124 Å². The molecule has 0 aromatic heterocycles. The second-order valence-electron chi connectivity index (χ2n) is 7.34. The first-order valence-corrected chi connectivity index (χ1v) is 8.32. The Morgan fingerprint density at radius 3 is 2.20 bits per heavy atom. The molecule has 3 nitrogen and oxygen atoms in total. The third-order valence-corrected chi connectivity index (χ3v) is 4.81. The van der Waals surface area contributed by atoms with E-state index in [2.05, 4.69) is 33.0 Å². The van der Waals surface area contributed by atoms with Gasteiger partial charge in [0.15, 0.2) is 0 Å². The molecular formula is C17H33NO2. The molecule has 1 rings (SSSR count). The molecule has 1 saturated carbocycles. The number of hydrogen-bond acceptors (Lipinski definition) is 2. The maximum Gasteiger partial charge on any atom is 0.317 e. The lowest BCUT2D eigenvalue weighted by molar-refractivity contribution is -0.136. The Hall–Kier alpha value is -0.570. The van der Waals surface area contributed by atoms with Gasteiger partial charge in [-0.15, -0.1) is 0 Å². The summed E-state index contributed by atoms with van der Waals surface area (Å²) in [6, 6.07) is 0.